The molecule has 5 heteroatoms. The van der Waals surface area contributed by atoms with Gasteiger partial charge in [0.25, 0.3) is 5.56 Å². The zero-order valence-corrected chi connectivity index (χ0v) is 15.6. The normalized spacial score (nSPS) is 10.6. The Labute approximate surface area is 151 Å². The van der Waals surface area contributed by atoms with E-state index in [-0.39, 0.29) is 5.56 Å². The Balaban J connectivity index is 1.99. The Morgan fingerprint density at radius 1 is 0.870 bits per heavy atom. The molecule has 0 aliphatic rings. The average Bonchev–Trinajstić information content (AvgIpc) is 2.46. The molecule has 3 rings (SSSR count). The van der Waals surface area contributed by atoms with Crippen LogP contribution in [-0.4, -0.2) is 4.57 Å². The minimum Gasteiger partial charge on any atom is -0.355 e. The Hall–Kier alpha value is -1.85. The summed E-state index contributed by atoms with van der Waals surface area (Å²) in [6.45, 7) is 1.92. The van der Waals surface area contributed by atoms with Crippen LogP contribution in [0.3, 0.4) is 0 Å². The first-order valence-corrected chi connectivity index (χ1v) is 8.64. The number of hydrogen-bond acceptors (Lipinski definition) is 2. The molecule has 0 bridgehead atoms. The summed E-state index contributed by atoms with van der Waals surface area (Å²) in [4.78, 5) is 12.5. The second-order valence-electron chi connectivity index (χ2n) is 5.17. The zero-order chi connectivity index (χ0) is 16.4. The molecule has 1 aromatic heterocycles. The Morgan fingerprint density at radius 3 is 2.22 bits per heavy atom. The van der Waals surface area contributed by atoms with Crippen LogP contribution in [0.4, 0.5) is 11.4 Å². The van der Waals surface area contributed by atoms with Crippen molar-refractivity contribution in [2.75, 3.05) is 5.32 Å². The molecule has 1 N–H and O–H groups in total. The molecule has 0 saturated carbocycles. The van der Waals surface area contributed by atoms with Crippen LogP contribution >= 0.6 is 31.9 Å². The Morgan fingerprint density at radius 2 is 1.57 bits per heavy atom. The lowest BCUT2D eigenvalue weighted by atomic mass is 10.2. The number of nitrogens with one attached hydrogen (secondary N) is 1. The third-order valence-corrected chi connectivity index (χ3v) is 4.38. The highest BCUT2D eigenvalue weighted by atomic mass is 79.9. The second-order valence-corrected chi connectivity index (χ2v) is 7.01. The molecule has 0 unspecified atom stereocenters. The van der Waals surface area contributed by atoms with E-state index in [0.29, 0.717) is 0 Å². The van der Waals surface area contributed by atoms with Gasteiger partial charge in [-0.3, -0.25) is 9.36 Å². The summed E-state index contributed by atoms with van der Waals surface area (Å²) >= 11 is 6.88. The van der Waals surface area contributed by atoms with E-state index in [1.54, 1.807) is 10.6 Å². The first-order valence-electron chi connectivity index (χ1n) is 7.05. The standard InChI is InChI=1S/C18H14Br2N2O/c1-12-8-16(21-15-6-2-4-13(19)9-15)11-18(23)22(12)17-7-3-5-14(20)10-17/h2-11,21H,1H3. The molecule has 1 heterocycles. The van der Waals surface area contributed by atoms with E-state index in [9.17, 15) is 4.79 Å². The minimum atomic E-state index is -0.0689. The van der Waals surface area contributed by atoms with Gasteiger partial charge in [0, 0.05) is 37.8 Å². The van der Waals surface area contributed by atoms with Gasteiger partial charge in [-0.05, 0) is 49.4 Å². The van der Waals surface area contributed by atoms with Gasteiger partial charge >= 0.3 is 0 Å². The van der Waals surface area contributed by atoms with E-state index in [0.717, 1.165) is 31.7 Å². The predicted octanol–water partition coefficient (Wildman–Crippen LogP) is 5.41. The van der Waals surface area contributed by atoms with Crippen molar-refractivity contribution in [3.05, 3.63) is 85.7 Å². The number of pyridine rings is 1. The highest BCUT2D eigenvalue weighted by Crippen LogP contribution is 2.21. The van der Waals surface area contributed by atoms with E-state index in [4.69, 9.17) is 0 Å². The van der Waals surface area contributed by atoms with Gasteiger partial charge in [0.1, 0.15) is 0 Å². The van der Waals surface area contributed by atoms with Crippen molar-refractivity contribution in [3.8, 4) is 5.69 Å². The average molecular weight is 434 g/mol. The van der Waals surface area contributed by atoms with Crippen LogP contribution in [0, 0.1) is 6.92 Å². The lowest BCUT2D eigenvalue weighted by Gasteiger charge is -2.13. The molecule has 3 nitrogen and oxygen atoms in total. The van der Waals surface area contributed by atoms with Gasteiger partial charge in [0.05, 0.1) is 0 Å². The number of rotatable bonds is 3. The maximum atomic E-state index is 12.5. The first kappa shape index (κ1) is 16.0. The maximum Gasteiger partial charge on any atom is 0.257 e. The predicted molar refractivity (Wildman–Crippen MR) is 102 cm³/mol. The van der Waals surface area contributed by atoms with Crippen molar-refractivity contribution in [1.82, 2.24) is 4.57 Å². The van der Waals surface area contributed by atoms with Crippen LogP contribution in [0.15, 0.2) is 74.4 Å². The highest BCUT2D eigenvalue weighted by Gasteiger charge is 2.07. The van der Waals surface area contributed by atoms with E-state index in [1.807, 2.05) is 61.5 Å². The van der Waals surface area contributed by atoms with Gasteiger partial charge in [0.15, 0.2) is 0 Å². The second kappa shape index (κ2) is 6.72. The van der Waals surface area contributed by atoms with Crippen LogP contribution in [0.5, 0.6) is 0 Å². The SMILES string of the molecule is Cc1cc(Nc2cccc(Br)c2)cc(=O)n1-c1cccc(Br)c1. The van der Waals surface area contributed by atoms with Crippen LogP contribution in [0.1, 0.15) is 5.69 Å². The van der Waals surface area contributed by atoms with Gasteiger partial charge in [-0.15, -0.1) is 0 Å². The molecule has 0 fully saturated rings. The molecule has 0 saturated heterocycles. The fourth-order valence-electron chi connectivity index (χ4n) is 2.45. The zero-order valence-electron chi connectivity index (χ0n) is 12.4. The van der Waals surface area contributed by atoms with E-state index >= 15 is 0 Å². The third-order valence-electron chi connectivity index (χ3n) is 3.40. The topological polar surface area (TPSA) is 34.0 Å². The monoisotopic (exact) mass is 432 g/mol. The molecule has 23 heavy (non-hydrogen) atoms. The first-order chi connectivity index (χ1) is 11.0. The number of halogens is 2. The molecule has 116 valence electrons. The fourth-order valence-corrected chi connectivity index (χ4v) is 3.24. The molecule has 2 aromatic carbocycles. The molecule has 0 atom stereocenters. The Bertz CT molecular complexity index is 919. The van der Waals surface area contributed by atoms with Crippen molar-refractivity contribution < 1.29 is 0 Å². The molecule has 0 aliphatic carbocycles. The van der Waals surface area contributed by atoms with Crippen LogP contribution < -0.4 is 10.9 Å². The van der Waals surface area contributed by atoms with Crippen LogP contribution in [0.2, 0.25) is 0 Å². The number of anilines is 2. The highest BCUT2D eigenvalue weighted by molar-refractivity contribution is 9.10. The minimum absolute atomic E-state index is 0.0689. The summed E-state index contributed by atoms with van der Waals surface area (Å²) in [5, 5.41) is 3.26. The number of benzene rings is 2. The summed E-state index contributed by atoms with van der Waals surface area (Å²) in [5.41, 5.74) is 3.35. The van der Waals surface area contributed by atoms with E-state index < -0.39 is 0 Å². The van der Waals surface area contributed by atoms with Gasteiger partial charge in [0.2, 0.25) is 0 Å². The van der Waals surface area contributed by atoms with Gasteiger partial charge < -0.3 is 5.32 Å². The summed E-state index contributed by atoms with van der Waals surface area (Å²) in [6.07, 6.45) is 0. The third kappa shape index (κ3) is 3.74. The van der Waals surface area contributed by atoms with E-state index in [2.05, 4.69) is 37.2 Å². The van der Waals surface area contributed by atoms with Crippen molar-refractivity contribution >= 4 is 43.2 Å². The lowest BCUT2D eigenvalue weighted by molar-refractivity contribution is 0.935. The molecule has 0 radical (unpaired) electrons. The summed E-state index contributed by atoms with van der Waals surface area (Å²) in [6, 6.07) is 19.1. The van der Waals surface area contributed by atoms with E-state index in [1.165, 1.54) is 0 Å². The van der Waals surface area contributed by atoms with Crippen molar-refractivity contribution in [1.29, 1.82) is 0 Å². The van der Waals surface area contributed by atoms with Crippen molar-refractivity contribution in [2.45, 2.75) is 6.92 Å². The van der Waals surface area contributed by atoms with Gasteiger partial charge in [-0.2, -0.15) is 0 Å². The lowest BCUT2D eigenvalue weighted by Crippen LogP contribution is -2.20. The number of hydrogen-bond donors (Lipinski definition) is 1. The molecule has 0 amide bonds. The Kier molecular flexibility index (Phi) is 4.68. The van der Waals surface area contributed by atoms with Crippen molar-refractivity contribution in [2.24, 2.45) is 0 Å². The van der Waals surface area contributed by atoms with Crippen LogP contribution in [0.25, 0.3) is 5.69 Å². The number of nitrogens with zero attached hydrogens (tertiary/aromatic N) is 1. The summed E-state index contributed by atoms with van der Waals surface area (Å²) < 4.78 is 3.62. The fraction of sp³-hybridized carbons (Fsp3) is 0.0556. The van der Waals surface area contributed by atoms with Crippen LogP contribution in [-0.2, 0) is 0 Å². The molecule has 0 spiro atoms. The number of aryl methyl sites for hydroxylation is 1. The smallest absolute Gasteiger partial charge is 0.257 e. The van der Waals surface area contributed by atoms with Crippen molar-refractivity contribution in [3.63, 3.8) is 0 Å². The molecule has 0 aliphatic heterocycles. The molecule has 3 aromatic rings. The molecular weight excluding hydrogens is 420 g/mol. The largest absolute Gasteiger partial charge is 0.355 e. The number of aromatic nitrogens is 1. The van der Waals surface area contributed by atoms with Gasteiger partial charge in [-0.1, -0.05) is 44.0 Å². The summed E-state index contributed by atoms with van der Waals surface area (Å²) in [5.74, 6) is 0. The quantitative estimate of drug-likeness (QED) is 0.598. The maximum absolute atomic E-state index is 12.5. The molecular formula is C18H14Br2N2O. The van der Waals surface area contributed by atoms with Gasteiger partial charge in [-0.25, -0.2) is 0 Å². The summed E-state index contributed by atoms with van der Waals surface area (Å²) in [7, 11) is 0.